The molecule has 0 aliphatic carbocycles. The van der Waals surface area contributed by atoms with E-state index >= 15 is 0 Å². The van der Waals surface area contributed by atoms with Gasteiger partial charge in [-0.25, -0.2) is 9.59 Å². The van der Waals surface area contributed by atoms with E-state index in [1.54, 1.807) is 4.90 Å². The Kier molecular flexibility index (Phi) is 5.36. The molecule has 0 radical (unpaired) electrons. The number of aromatic carboxylic acids is 1. The molecule has 1 aromatic carbocycles. The maximum absolute atomic E-state index is 12.6. The molecular weight excluding hydrogens is 392 g/mol. The topological polar surface area (TPSA) is 78.7 Å². The summed E-state index contributed by atoms with van der Waals surface area (Å²) in [5, 5.41) is 13.7. The molecule has 0 unspecified atom stereocenters. The molecule has 0 bridgehead atoms. The standard InChI is InChI=1S/C21H25ClN4O3/c1-15-2-3-16(17(22)12-15)13-24-9-5-21(14-24)6-10-25(11-7-21)20(29)26-8-4-18(23-26)19(27)28/h2-4,8,12H,5-7,9-11,13-14H2,1H3,(H,27,28). The molecule has 4 rings (SSSR count). The van der Waals surface area contributed by atoms with Crippen LogP contribution in [0.25, 0.3) is 0 Å². The highest BCUT2D eigenvalue weighted by Crippen LogP contribution is 2.41. The van der Waals surface area contributed by atoms with Gasteiger partial charge in [0.1, 0.15) is 0 Å². The van der Waals surface area contributed by atoms with Gasteiger partial charge in [-0.1, -0.05) is 23.7 Å². The van der Waals surface area contributed by atoms with Gasteiger partial charge in [0.05, 0.1) is 0 Å². The van der Waals surface area contributed by atoms with Crippen molar-refractivity contribution in [3.8, 4) is 0 Å². The molecule has 1 amide bonds. The molecule has 2 aliphatic heterocycles. The van der Waals surface area contributed by atoms with Gasteiger partial charge in [-0.2, -0.15) is 9.78 Å². The maximum Gasteiger partial charge on any atom is 0.356 e. The number of carboxylic acid groups (broad SMARTS) is 1. The number of likely N-dealkylation sites (tertiary alicyclic amines) is 2. The molecule has 7 nitrogen and oxygen atoms in total. The Hall–Kier alpha value is -2.38. The number of nitrogens with zero attached hydrogens (tertiary/aromatic N) is 4. The quantitative estimate of drug-likeness (QED) is 0.828. The molecule has 2 aromatic rings. The Morgan fingerprint density at radius 2 is 1.90 bits per heavy atom. The van der Waals surface area contributed by atoms with Crippen LogP contribution >= 0.6 is 11.6 Å². The Labute approximate surface area is 174 Å². The average Bonchev–Trinajstić information content (AvgIpc) is 3.32. The second-order valence-corrected chi connectivity index (χ2v) is 8.68. The van der Waals surface area contributed by atoms with Crippen LogP contribution in [0.1, 0.15) is 40.9 Å². The van der Waals surface area contributed by atoms with E-state index < -0.39 is 5.97 Å². The molecule has 0 atom stereocenters. The Bertz CT molecular complexity index is 934. The zero-order chi connectivity index (χ0) is 20.6. The summed E-state index contributed by atoms with van der Waals surface area (Å²) < 4.78 is 1.13. The summed E-state index contributed by atoms with van der Waals surface area (Å²) in [5.41, 5.74) is 2.45. The average molecular weight is 417 g/mol. The summed E-state index contributed by atoms with van der Waals surface area (Å²) in [5.74, 6) is -1.13. The van der Waals surface area contributed by atoms with Crippen molar-refractivity contribution < 1.29 is 14.7 Å². The van der Waals surface area contributed by atoms with E-state index in [0.717, 1.165) is 54.2 Å². The van der Waals surface area contributed by atoms with Gasteiger partial charge < -0.3 is 10.0 Å². The first-order valence-corrected chi connectivity index (χ1v) is 10.3. The molecule has 2 fully saturated rings. The lowest BCUT2D eigenvalue weighted by atomic mass is 9.78. The zero-order valence-corrected chi connectivity index (χ0v) is 17.2. The van der Waals surface area contributed by atoms with Crippen molar-refractivity contribution in [2.24, 2.45) is 5.41 Å². The van der Waals surface area contributed by atoms with E-state index in [2.05, 4.69) is 22.1 Å². The van der Waals surface area contributed by atoms with Crippen LogP contribution in [-0.2, 0) is 6.54 Å². The minimum absolute atomic E-state index is 0.118. The summed E-state index contributed by atoms with van der Waals surface area (Å²) in [6, 6.07) is 7.31. The highest BCUT2D eigenvalue weighted by molar-refractivity contribution is 6.31. The molecule has 29 heavy (non-hydrogen) atoms. The Morgan fingerprint density at radius 1 is 1.17 bits per heavy atom. The summed E-state index contributed by atoms with van der Waals surface area (Å²) in [7, 11) is 0. The van der Waals surface area contributed by atoms with Crippen LogP contribution in [0.5, 0.6) is 0 Å². The van der Waals surface area contributed by atoms with Crippen molar-refractivity contribution in [3.05, 3.63) is 52.3 Å². The van der Waals surface area contributed by atoms with Gasteiger partial charge in [0.25, 0.3) is 0 Å². The van der Waals surface area contributed by atoms with Gasteiger partial charge in [-0.15, -0.1) is 0 Å². The minimum Gasteiger partial charge on any atom is -0.476 e. The molecule has 2 saturated heterocycles. The number of carboxylic acids is 1. The predicted molar refractivity (Wildman–Crippen MR) is 109 cm³/mol. The van der Waals surface area contributed by atoms with Crippen LogP contribution in [0.3, 0.4) is 0 Å². The number of benzene rings is 1. The fourth-order valence-electron chi connectivity index (χ4n) is 4.45. The predicted octanol–water partition coefficient (Wildman–Crippen LogP) is 3.50. The van der Waals surface area contributed by atoms with Gasteiger partial charge in [-0.05, 0) is 61.4 Å². The van der Waals surface area contributed by atoms with E-state index in [0.29, 0.717) is 13.1 Å². The lowest BCUT2D eigenvalue weighted by Gasteiger charge is -2.39. The third-order valence-electron chi connectivity index (χ3n) is 6.22. The van der Waals surface area contributed by atoms with E-state index in [9.17, 15) is 9.59 Å². The highest BCUT2D eigenvalue weighted by Gasteiger charge is 2.41. The number of hydrogen-bond acceptors (Lipinski definition) is 4. The van der Waals surface area contributed by atoms with Crippen molar-refractivity contribution in [1.29, 1.82) is 0 Å². The number of carbonyl (C=O) groups is 2. The smallest absolute Gasteiger partial charge is 0.356 e. The third-order valence-corrected chi connectivity index (χ3v) is 6.57. The Balaban J connectivity index is 1.34. The summed E-state index contributed by atoms with van der Waals surface area (Å²) in [6.45, 7) is 6.29. The number of halogens is 1. The SMILES string of the molecule is Cc1ccc(CN2CCC3(CCN(C(=O)n4ccc(C(=O)O)n4)CC3)C2)c(Cl)c1. The lowest BCUT2D eigenvalue weighted by molar-refractivity contribution is 0.0689. The zero-order valence-electron chi connectivity index (χ0n) is 16.5. The summed E-state index contributed by atoms with van der Waals surface area (Å²) in [6.07, 6.45) is 4.44. The first-order valence-electron chi connectivity index (χ1n) is 9.91. The minimum atomic E-state index is -1.13. The van der Waals surface area contributed by atoms with Crippen molar-refractivity contribution in [2.45, 2.75) is 32.7 Å². The second-order valence-electron chi connectivity index (χ2n) is 8.28. The van der Waals surface area contributed by atoms with Crippen molar-refractivity contribution >= 4 is 23.6 Å². The molecule has 1 spiro atoms. The first-order chi connectivity index (χ1) is 13.8. The van der Waals surface area contributed by atoms with Gasteiger partial charge >= 0.3 is 12.0 Å². The number of piperidine rings is 1. The van der Waals surface area contributed by atoms with E-state index in [1.165, 1.54) is 17.8 Å². The number of amides is 1. The molecule has 1 N–H and O–H groups in total. The number of hydrogen-bond donors (Lipinski definition) is 1. The van der Waals surface area contributed by atoms with E-state index in [1.807, 2.05) is 13.0 Å². The number of aromatic nitrogens is 2. The number of rotatable bonds is 3. The van der Waals surface area contributed by atoms with Gasteiger partial charge in [-0.3, -0.25) is 4.90 Å². The van der Waals surface area contributed by atoms with Crippen LogP contribution in [0.15, 0.2) is 30.5 Å². The molecular formula is C21H25ClN4O3. The maximum atomic E-state index is 12.6. The molecule has 8 heteroatoms. The van der Waals surface area contributed by atoms with E-state index in [-0.39, 0.29) is 17.1 Å². The van der Waals surface area contributed by atoms with Crippen LogP contribution in [0, 0.1) is 12.3 Å². The van der Waals surface area contributed by atoms with Gasteiger partial charge in [0, 0.05) is 37.4 Å². The molecule has 0 saturated carbocycles. The molecule has 1 aromatic heterocycles. The second kappa shape index (κ2) is 7.80. The van der Waals surface area contributed by atoms with Crippen LogP contribution in [0.2, 0.25) is 5.02 Å². The fraction of sp³-hybridized carbons (Fsp3) is 0.476. The summed E-state index contributed by atoms with van der Waals surface area (Å²) >= 11 is 6.40. The lowest BCUT2D eigenvalue weighted by Crippen LogP contribution is -2.45. The molecule has 3 heterocycles. The Morgan fingerprint density at radius 3 is 2.55 bits per heavy atom. The van der Waals surface area contributed by atoms with Crippen molar-refractivity contribution in [1.82, 2.24) is 19.6 Å². The van der Waals surface area contributed by atoms with Crippen molar-refractivity contribution in [2.75, 3.05) is 26.2 Å². The number of aryl methyl sites for hydroxylation is 1. The fourth-order valence-corrected chi connectivity index (χ4v) is 4.75. The van der Waals surface area contributed by atoms with Crippen molar-refractivity contribution in [3.63, 3.8) is 0 Å². The normalized spacial score (nSPS) is 19.0. The third kappa shape index (κ3) is 4.16. The van der Waals surface area contributed by atoms with Crippen LogP contribution in [0.4, 0.5) is 4.79 Å². The number of carbonyl (C=O) groups excluding carboxylic acids is 1. The first kappa shape index (κ1) is 19.9. The largest absolute Gasteiger partial charge is 0.476 e. The van der Waals surface area contributed by atoms with E-state index in [4.69, 9.17) is 16.7 Å². The van der Waals surface area contributed by atoms with Crippen LogP contribution < -0.4 is 0 Å². The summed E-state index contributed by atoms with van der Waals surface area (Å²) in [4.78, 5) is 27.8. The monoisotopic (exact) mass is 416 g/mol. The van der Waals surface area contributed by atoms with Crippen LogP contribution in [-0.4, -0.2) is 62.9 Å². The molecule has 154 valence electrons. The van der Waals surface area contributed by atoms with Gasteiger partial charge in [0.15, 0.2) is 5.69 Å². The molecule has 2 aliphatic rings. The highest BCUT2D eigenvalue weighted by atomic mass is 35.5. The van der Waals surface area contributed by atoms with Gasteiger partial charge in [0.2, 0.25) is 0 Å².